The first-order valence-electron chi connectivity index (χ1n) is 9.79. The van der Waals surface area contributed by atoms with E-state index in [9.17, 15) is 32.2 Å². The molecule has 0 aliphatic rings. The number of aryl methyl sites for hydroxylation is 1. The number of hydrogen-bond donors (Lipinski definition) is 2. The fraction of sp³-hybridized carbons (Fsp3) is 0.190. The summed E-state index contributed by atoms with van der Waals surface area (Å²) in [6.45, 7) is 3.05. The third kappa shape index (κ3) is 5.67. The molecule has 1 unspecified atom stereocenters. The molecule has 0 spiro atoms. The number of anilines is 1. The van der Waals surface area contributed by atoms with Crippen LogP contribution in [0.5, 0.6) is 0 Å². The molecule has 9 nitrogen and oxygen atoms in total. The molecule has 0 radical (unpaired) electrons. The normalized spacial score (nSPS) is 12.0. The average Bonchev–Trinajstić information content (AvgIpc) is 3.26. The highest BCUT2D eigenvalue weighted by Crippen LogP contribution is 2.31. The first kappa shape index (κ1) is 25.9. The van der Waals surface area contributed by atoms with Crippen molar-refractivity contribution in [2.24, 2.45) is 0 Å². The molecule has 35 heavy (non-hydrogen) atoms. The van der Waals surface area contributed by atoms with Crippen LogP contribution in [0.2, 0.25) is 5.02 Å². The van der Waals surface area contributed by atoms with Gasteiger partial charge in [0.15, 0.2) is 11.5 Å². The monoisotopic (exact) mass is 524 g/mol. The van der Waals surface area contributed by atoms with Crippen molar-refractivity contribution in [2.45, 2.75) is 20.0 Å². The van der Waals surface area contributed by atoms with Gasteiger partial charge in [-0.1, -0.05) is 18.5 Å². The van der Waals surface area contributed by atoms with Crippen LogP contribution < -0.4 is 10.0 Å². The molecule has 0 saturated carbocycles. The van der Waals surface area contributed by atoms with E-state index >= 15 is 0 Å². The first-order chi connectivity index (χ1) is 16.5. The second kappa shape index (κ2) is 10.2. The fourth-order valence-electron chi connectivity index (χ4n) is 2.98. The highest BCUT2D eigenvalue weighted by molar-refractivity contribution is 7.83. The van der Waals surface area contributed by atoms with Crippen LogP contribution in [-0.2, 0) is 17.2 Å². The summed E-state index contributed by atoms with van der Waals surface area (Å²) in [7, 11) is -1.72. The zero-order chi connectivity index (χ0) is 25.9. The zero-order valence-electron chi connectivity index (χ0n) is 18.1. The van der Waals surface area contributed by atoms with Crippen LogP contribution in [0.3, 0.4) is 0 Å². The zero-order valence-corrected chi connectivity index (χ0v) is 19.7. The summed E-state index contributed by atoms with van der Waals surface area (Å²) < 4.78 is 54.8. The van der Waals surface area contributed by atoms with E-state index in [4.69, 9.17) is 11.6 Å². The van der Waals surface area contributed by atoms with Crippen LogP contribution in [0.15, 0.2) is 36.5 Å². The van der Waals surface area contributed by atoms with Crippen molar-refractivity contribution in [2.75, 3.05) is 11.1 Å². The summed E-state index contributed by atoms with van der Waals surface area (Å²) in [5.74, 6) is -2.02. The topological polar surface area (TPSA) is 130 Å². The number of benzene rings is 1. The van der Waals surface area contributed by atoms with E-state index in [0.717, 1.165) is 0 Å². The van der Waals surface area contributed by atoms with Gasteiger partial charge in [-0.25, -0.2) is 13.9 Å². The lowest BCUT2D eigenvalue weighted by Gasteiger charge is -2.15. The highest BCUT2D eigenvalue weighted by Gasteiger charge is 2.37. The van der Waals surface area contributed by atoms with Crippen molar-refractivity contribution in [3.05, 3.63) is 69.6 Å². The van der Waals surface area contributed by atoms with Crippen molar-refractivity contribution in [1.29, 1.82) is 5.26 Å². The number of rotatable bonds is 6. The van der Waals surface area contributed by atoms with E-state index in [0.29, 0.717) is 10.7 Å². The van der Waals surface area contributed by atoms with Crippen LogP contribution in [-0.4, -0.2) is 36.5 Å². The maximum Gasteiger partial charge on any atom is 0.435 e. The minimum absolute atomic E-state index is 0.0601. The van der Waals surface area contributed by atoms with Crippen molar-refractivity contribution < 1.29 is 27.0 Å². The van der Waals surface area contributed by atoms with Gasteiger partial charge in [0, 0.05) is 18.0 Å². The van der Waals surface area contributed by atoms with Gasteiger partial charge < -0.3 is 5.32 Å². The standard InChI is InChI=1S/C21H16ClF3N6O3S/c1-3-35(34)30-19(32)13-8-12(10-26)7-11(2)17(13)28-20(33)15-9-16(21(23,24)25)29-31(15)18-14(22)5-4-6-27-18/h4-9H,3H2,1-2H3,(H,28,33)(H,30,32). The SMILES string of the molecule is CCS(=O)NC(=O)c1cc(C#N)cc(C)c1NC(=O)c1cc(C(F)(F)F)nn1-c1ncccc1Cl. The van der Waals surface area contributed by atoms with E-state index in [1.54, 1.807) is 6.92 Å². The molecular formula is C21H16ClF3N6O3S. The number of nitrogens with one attached hydrogen (secondary N) is 2. The summed E-state index contributed by atoms with van der Waals surface area (Å²) in [5, 5.41) is 15.0. The summed E-state index contributed by atoms with van der Waals surface area (Å²) >= 11 is 6.06. The van der Waals surface area contributed by atoms with Crippen LogP contribution in [0.4, 0.5) is 18.9 Å². The number of pyridine rings is 1. The summed E-state index contributed by atoms with van der Waals surface area (Å²) in [5.41, 5.74) is -1.87. The largest absolute Gasteiger partial charge is 0.435 e. The van der Waals surface area contributed by atoms with Gasteiger partial charge in [0.1, 0.15) is 16.7 Å². The Balaban J connectivity index is 2.11. The molecule has 1 atom stereocenters. The number of alkyl halides is 3. The number of carbonyl (C=O) groups is 2. The molecule has 182 valence electrons. The number of aromatic nitrogens is 3. The maximum atomic E-state index is 13.4. The van der Waals surface area contributed by atoms with E-state index < -0.39 is 40.4 Å². The Labute approximate surface area is 204 Å². The van der Waals surface area contributed by atoms with Crippen molar-refractivity contribution in [3.8, 4) is 11.9 Å². The maximum absolute atomic E-state index is 13.4. The minimum Gasteiger partial charge on any atom is -0.320 e. The predicted molar refractivity (Wildman–Crippen MR) is 121 cm³/mol. The van der Waals surface area contributed by atoms with Gasteiger partial charge in [-0.2, -0.15) is 23.5 Å². The lowest BCUT2D eigenvalue weighted by molar-refractivity contribution is -0.141. The molecule has 2 N–H and O–H groups in total. The number of nitrogens with zero attached hydrogens (tertiary/aromatic N) is 4. The summed E-state index contributed by atoms with van der Waals surface area (Å²) in [4.78, 5) is 29.7. The molecule has 0 bridgehead atoms. The molecule has 0 aliphatic carbocycles. The number of carbonyl (C=O) groups excluding carboxylic acids is 2. The molecule has 2 aromatic heterocycles. The second-order valence-corrected chi connectivity index (χ2v) is 8.86. The second-order valence-electron chi connectivity index (χ2n) is 6.98. The van der Waals surface area contributed by atoms with Gasteiger partial charge in [-0.3, -0.25) is 14.3 Å². The van der Waals surface area contributed by atoms with Gasteiger partial charge in [-0.05, 0) is 36.8 Å². The van der Waals surface area contributed by atoms with E-state index in [1.807, 2.05) is 6.07 Å². The van der Waals surface area contributed by atoms with Crippen LogP contribution >= 0.6 is 11.6 Å². The van der Waals surface area contributed by atoms with Gasteiger partial charge in [-0.15, -0.1) is 0 Å². The lowest BCUT2D eigenvalue weighted by atomic mass is 10.0. The smallest absolute Gasteiger partial charge is 0.320 e. The van der Waals surface area contributed by atoms with Crippen LogP contribution in [0, 0.1) is 18.3 Å². The van der Waals surface area contributed by atoms with Crippen LogP contribution in [0.1, 0.15) is 44.6 Å². The number of nitriles is 1. The number of hydrogen-bond acceptors (Lipinski definition) is 6. The molecule has 14 heteroatoms. The number of halogens is 4. The Morgan fingerprint density at radius 1 is 1.26 bits per heavy atom. The molecule has 0 fully saturated rings. The predicted octanol–water partition coefficient (Wildman–Crippen LogP) is 3.79. The molecule has 0 aliphatic heterocycles. The molecule has 2 heterocycles. The lowest BCUT2D eigenvalue weighted by Crippen LogP contribution is -2.28. The van der Waals surface area contributed by atoms with Gasteiger partial charge in [0.2, 0.25) is 0 Å². The third-order valence-corrected chi connectivity index (χ3v) is 5.82. The van der Waals surface area contributed by atoms with Crippen molar-refractivity contribution >= 4 is 40.1 Å². The van der Waals surface area contributed by atoms with E-state index in [2.05, 4.69) is 20.1 Å². The molecule has 3 rings (SSSR count). The fourth-order valence-corrected chi connectivity index (χ4v) is 3.64. The first-order valence-corrected chi connectivity index (χ1v) is 11.5. The van der Waals surface area contributed by atoms with E-state index in [1.165, 1.54) is 37.4 Å². The quantitative estimate of drug-likeness (QED) is 0.504. The molecule has 3 aromatic rings. The summed E-state index contributed by atoms with van der Waals surface area (Å²) in [6, 6.07) is 7.74. The Morgan fingerprint density at radius 2 is 1.97 bits per heavy atom. The number of amides is 2. The molecule has 1 aromatic carbocycles. The average molecular weight is 525 g/mol. The highest BCUT2D eigenvalue weighted by atomic mass is 35.5. The van der Waals surface area contributed by atoms with Crippen molar-refractivity contribution in [1.82, 2.24) is 19.5 Å². The van der Waals surface area contributed by atoms with Gasteiger partial charge in [0.05, 0.1) is 27.9 Å². The Morgan fingerprint density at radius 3 is 2.57 bits per heavy atom. The van der Waals surface area contributed by atoms with Crippen LogP contribution in [0.25, 0.3) is 5.82 Å². The molecular weight excluding hydrogens is 509 g/mol. The molecule has 2 amide bonds. The minimum atomic E-state index is -4.87. The Hall–Kier alpha value is -3.76. The summed E-state index contributed by atoms with van der Waals surface area (Å²) in [6.07, 6.45) is -3.61. The van der Waals surface area contributed by atoms with E-state index in [-0.39, 0.29) is 39.0 Å². The van der Waals surface area contributed by atoms with Crippen molar-refractivity contribution in [3.63, 3.8) is 0 Å². The Kier molecular flexibility index (Phi) is 7.57. The third-order valence-electron chi connectivity index (χ3n) is 4.59. The Bertz CT molecular complexity index is 1380. The van der Waals surface area contributed by atoms with Gasteiger partial charge in [0.25, 0.3) is 11.8 Å². The molecule has 0 saturated heterocycles. The van der Waals surface area contributed by atoms with Gasteiger partial charge >= 0.3 is 6.18 Å².